The minimum absolute atomic E-state index is 0.693. The highest BCUT2D eigenvalue weighted by atomic mass is 14.7. The number of hydrogen-bond acceptors (Lipinski definition) is 2. The minimum atomic E-state index is -0.693. The number of hydrogen-bond donors (Lipinski definition) is 0. The normalized spacial score (nSPS) is 12.7. The van der Waals surface area contributed by atoms with E-state index in [0.717, 1.165) is 45.0 Å². The highest BCUT2D eigenvalue weighted by molar-refractivity contribution is 5.88. The van der Waals surface area contributed by atoms with Crippen molar-refractivity contribution in [1.29, 1.82) is 0 Å². The van der Waals surface area contributed by atoms with E-state index in [0.29, 0.717) is 0 Å². The molecule has 1 aliphatic rings. The van der Waals surface area contributed by atoms with Crippen molar-refractivity contribution in [2.24, 2.45) is 0 Å². The van der Waals surface area contributed by atoms with Crippen molar-refractivity contribution in [2.45, 2.75) is 60.8 Å². The van der Waals surface area contributed by atoms with Crippen LogP contribution in [-0.4, -0.2) is 9.97 Å². The van der Waals surface area contributed by atoms with Crippen LogP contribution >= 0.6 is 0 Å². The first kappa shape index (κ1) is 36.3. The lowest BCUT2D eigenvalue weighted by Crippen LogP contribution is -2.29. The van der Waals surface area contributed by atoms with Crippen LogP contribution in [-0.2, 0) is 5.41 Å². The van der Waals surface area contributed by atoms with Crippen LogP contribution in [0.5, 0.6) is 0 Å². The quantitative estimate of drug-likeness (QED) is 0.170. The maximum absolute atomic E-state index is 5.50. The zero-order valence-electron chi connectivity index (χ0n) is 34.3. The molecule has 57 heavy (non-hydrogen) atoms. The molecule has 0 spiro atoms. The molecule has 6 aromatic carbocycles. The van der Waals surface area contributed by atoms with Crippen molar-refractivity contribution >= 4 is 0 Å². The van der Waals surface area contributed by atoms with Crippen LogP contribution in [0, 0.1) is 55.4 Å². The van der Waals surface area contributed by atoms with Crippen LogP contribution in [0.4, 0.5) is 0 Å². The Bertz CT molecular complexity index is 2470. The predicted octanol–water partition coefficient (Wildman–Crippen LogP) is 14.0. The summed E-state index contributed by atoms with van der Waals surface area (Å²) in [6, 6.07) is 54.7. The van der Waals surface area contributed by atoms with Gasteiger partial charge in [-0.25, -0.2) is 9.97 Å². The minimum Gasteiger partial charge on any atom is -0.248 e. The van der Waals surface area contributed by atoms with E-state index < -0.39 is 5.41 Å². The molecule has 0 atom stereocenters. The van der Waals surface area contributed by atoms with E-state index >= 15 is 0 Å². The van der Waals surface area contributed by atoms with Crippen LogP contribution in [0.25, 0.3) is 56.2 Å². The molecule has 0 radical (unpaired) electrons. The van der Waals surface area contributed by atoms with Crippen molar-refractivity contribution in [2.75, 3.05) is 0 Å². The number of aryl methyl sites for hydroxylation is 8. The molecule has 0 fully saturated rings. The van der Waals surface area contributed by atoms with Gasteiger partial charge in [-0.05, 0) is 162 Å². The van der Waals surface area contributed by atoms with Gasteiger partial charge in [0, 0.05) is 22.3 Å². The molecule has 0 amide bonds. The fraction of sp³-hybridized carbons (Fsp3) is 0.164. The summed E-state index contributed by atoms with van der Waals surface area (Å²) in [4.78, 5) is 11.0. The standard InChI is InChI=1S/C55H48N2/c1-33-17-34(2)22-41(21-33)51-29-45(30-52(56-51)42-23-35(3)18-36(4)24-42)55(49-15-11-9-13-47(49)48-14-10-12-16-50(48)55)46-31-53(43-25-37(5)19-38(6)26-43)57-54(32-46)44-27-39(7)20-40(8)28-44/h9-32H,1-8H3. The van der Waals surface area contributed by atoms with Crippen LogP contribution in [0.15, 0.2) is 146 Å². The van der Waals surface area contributed by atoms with Gasteiger partial charge in [0.15, 0.2) is 0 Å². The predicted molar refractivity (Wildman–Crippen MR) is 239 cm³/mol. The summed E-state index contributed by atoms with van der Waals surface area (Å²) >= 11 is 0. The highest BCUT2D eigenvalue weighted by Crippen LogP contribution is 2.57. The van der Waals surface area contributed by atoms with E-state index in [9.17, 15) is 0 Å². The maximum atomic E-state index is 5.50. The topological polar surface area (TPSA) is 25.8 Å². The lowest BCUT2D eigenvalue weighted by molar-refractivity contribution is 0.766. The number of rotatable bonds is 6. The van der Waals surface area contributed by atoms with Crippen molar-refractivity contribution in [3.05, 3.63) is 212 Å². The molecule has 2 nitrogen and oxygen atoms in total. The molecule has 0 unspecified atom stereocenters. The number of pyridine rings is 2. The van der Waals surface area contributed by atoms with Gasteiger partial charge in [0.25, 0.3) is 0 Å². The Morgan fingerprint density at radius 3 is 0.807 bits per heavy atom. The van der Waals surface area contributed by atoms with Crippen LogP contribution < -0.4 is 0 Å². The summed E-state index contributed by atoms with van der Waals surface area (Å²) < 4.78 is 0. The molecule has 0 aliphatic heterocycles. The smallest absolute Gasteiger partial charge is 0.0716 e. The summed E-state index contributed by atoms with van der Waals surface area (Å²) in [5, 5.41) is 0. The highest BCUT2D eigenvalue weighted by Gasteiger charge is 2.47. The molecule has 2 heteroatoms. The molecular formula is C55H48N2. The average molecular weight is 737 g/mol. The van der Waals surface area contributed by atoms with Crippen LogP contribution in [0.1, 0.15) is 66.8 Å². The first-order valence-corrected chi connectivity index (χ1v) is 20.0. The lowest BCUT2D eigenvalue weighted by Gasteiger charge is -2.35. The van der Waals surface area contributed by atoms with Gasteiger partial charge in [-0.2, -0.15) is 0 Å². The number of benzene rings is 6. The second-order valence-electron chi connectivity index (χ2n) is 16.6. The fourth-order valence-electron chi connectivity index (χ4n) is 9.60. The zero-order valence-corrected chi connectivity index (χ0v) is 34.3. The SMILES string of the molecule is Cc1cc(C)cc(-c2cc(C3(c4cc(-c5cc(C)cc(C)c5)nc(-c5cc(C)cc(C)c5)c4)c4ccccc4-c4ccccc43)cc(-c3cc(C)cc(C)c3)n2)c1. The maximum Gasteiger partial charge on any atom is 0.0716 e. The van der Waals surface area contributed by atoms with Gasteiger partial charge in [-0.15, -0.1) is 0 Å². The average Bonchev–Trinajstić information content (AvgIpc) is 3.47. The van der Waals surface area contributed by atoms with E-state index in [-0.39, 0.29) is 0 Å². The van der Waals surface area contributed by atoms with E-state index in [2.05, 4.69) is 201 Å². The molecule has 2 heterocycles. The molecule has 0 saturated heterocycles. The Morgan fingerprint density at radius 1 is 0.298 bits per heavy atom. The Balaban J connectivity index is 1.45. The van der Waals surface area contributed by atoms with Gasteiger partial charge in [-0.1, -0.05) is 117 Å². The Morgan fingerprint density at radius 2 is 0.544 bits per heavy atom. The van der Waals surface area contributed by atoms with E-state index in [1.165, 1.54) is 77.9 Å². The molecule has 0 saturated carbocycles. The summed E-state index contributed by atoms with van der Waals surface area (Å²) in [7, 11) is 0. The second kappa shape index (κ2) is 14.0. The Labute approximate surface area is 338 Å². The Hall–Kier alpha value is -6.38. The first-order valence-electron chi connectivity index (χ1n) is 20.0. The Kier molecular flexibility index (Phi) is 8.89. The fourth-order valence-corrected chi connectivity index (χ4v) is 9.60. The van der Waals surface area contributed by atoms with Crippen molar-refractivity contribution in [3.8, 4) is 56.2 Å². The molecule has 9 rings (SSSR count). The molecule has 8 aromatic rings. The van der Waals surface area contributed by atoms with Crippen LogP contribution in [0.2, 0.25) is 0 Å². The second-order valence-corrected chi connectivity index (χ2v) is 16.6. The van der Waals surface area contributed by atoms with Gasteiger partial charge in [0.05, 0.1) is 28.2 Å². The van der Waals surface area contributed by atoms with E-state index in [4.69, 9.17) is 9.97 Å². The third kappa shape index (κ3) is 6.50. The summed E-state index contributed by atoms with van der Waals surface area (Å²) in [6.45, 7) is 17.4. The molecular weight excluding hydrogens is 689 g/mol. The van der Waals surface area contributed by atoms with Gasteiger partial charge < -0.3 is 0 Å². The largest absolute Gasteiger partial charge is 0.248 e. The molecule has 0 bridgehead atoms. The van der Waals surface area contributed by atoms with Gasteiger partial charge in [-0.3, -0.25) is 0 Å². The first-order chi connectivity index (χ1) is 27.4. The number of aromatic nitrogens is 2. The number of nitrogens with zero attached hydrogens (tertiary/aromatic N) is 2. The lowest BCUT2D eigenvalue weighted by atomic mass is 9.67. The van der Waals surface area contributed by atoms with Crippen molar-refractivity contribution < 1.29 is 0 Å². The summed E-state index contributed by atoms with van der Waals surface area (Å²) in [5.41, 5.74) is 24.8. The third-order valence-electron chi connectivity index (χ3n) is 11.5. The van der Waals surface area contributed by atoms with Crippen molar-refractivity contribution in [3.63, 3.8) is 0 Å². The zero-order chi connectivity index (χ0) is 39.6. The van der Waals surface area contributed by atoms with Crippen LogP contribution in [0.3, 0.4) is 0 Å². The van der Waals surface area contributed by atoms with Gasteiger partial charge in [0.2, 0.25) is 0 Å². The molecule has 1 aliphatic carbocycles. The van der Waals surface area contributed by atoms with Gasteiger partial charge in [0.1, 0.15) is 0 Å². The molecule has 0 N–H and O–H groups in total. The summed E-state index contributed by atoms with van der Waals surface area (Å²) in [6.07, 6.45) is 0. The van der Waals surface area contributed by atoms with Gasteiger partial charge >= 0.3 is 0 Å². The van der Waals surface area contributed by atoms with Crippen molar-refractivity contribution in [1.82, 2.24) is 9.97 Å². The molecule has 278 valence electrons. The van der Waals surface area contributed by atoms with E-state index in [1.54, 1.807) is 0 Å². The third-order valence-corrected chi connectivity index (χ3v) is 11.5. The molecule has 2 aromatic heterocycles. The monoisotopic (exact) mass is 736 g/mol. The van der Waals surface area contributed by atoms with E-state index in [1.807, 2.05) is 0 Å². The number of fused-ring (bicyclic) bond motifs is 3. The summed E-state index contributed by atoms with van der Waals surface area (Å²) in [5.74, 6) is 0.